The Bertz CT molecular complexity index is 588. The number of carbonyl (C=O) groups is 1. The Morgan fingerprint density at radius 1 is 1.55 bits per heavy atom. The van der Waals surface area contributed by atoms with Crippen LogP contribution in [0.25, 0.3) is 0 Å². The topological polar surface area (TPSA) is 77.6 Å². The van der Waals surface area contributed by atoms with Crippen LogP contribution in [0.15, 0.2) is 18.6 Å². The van der Waals surface area contributed by atoms with Gasteiger partial charge in [-0.2, -0.15) is 0 Å². The van der Waals surface area contributed by atoms with Crippen molar-refractivity contribution in [2.75, 3.05) is 0 Å². The Kier molecular flexibility index (Phi) is 3.49. The number of hydrogen-bond acceptors (Lipinski definition) is 4. The van der Waals surface area contributed by atoms with Gasteiger partial charge < -0.3 is 9.88 Å². The van der Waals surface area contributed by atoms with Gasteiger partial charge in [-0.15, -0.1) is 5.10 Å². The third-order valence-electron chi connectivity index (χ3n) is 3.52. The van der Waals surface area contributed by atoms with Crippen molar-refractivity contribution >= 4 is 5.91 Å². The van der Waals surface area contributed by atoms with Gasteiger partial charge in [0.05, 0.1) is 18.4 Å². The van der Waals surface area contributed by atoms with Gasteiger partial charge in [-0.1, -0.05) is 5.21 Å². The van der Waals surface area contributed by atoms with E-state index in [1.807, 2.05) is 13.1 Å². The van der Waals surface area contributed by atoms with E-state index in [1.54, 1.807) is 17.1 Å². The number of fused-ring (bicyclic) bond motifs is 1. The molecule has 7 nitrogen and oxygen atoms in total. The Labute approximate surface area is 117 Å². The van der Waals surface area contributed by atoms with Crippen LogP contribution in [0.1, 0.15) is 24.4 Å². The number of amides is 1. The van der Waals surface area contributed by atoms with Gasteiger partial charge in [0.2, 0.25) is 5.91 Å². The molecule has 0 spiro atoms. The quantitative estimate of drug-likeness (QED) is 0.870. The third kappa shape index (κ3) is 2.87. The number of imidazole rings is 1. The maximum absolute atomic E-state index is 11.9. The molecule has 106 valence electrons. The summed E-state index contributed by atoms with van der Waals surface area (Å²) in [6.07, 6.45) is 7.71. The normalized spacial score (nSPS) is 17.8. The number of nitrogens with zero attached hydrogens (tertiary/aromatic N) is 5. The summed E-state index contributed by atoms with van der Waals surface area (Å²) in [5.41, 5.74) is 1.04. The lowest BCUT2D eigenvalue weighted by Crippen LogP contribution is -2.41. The molecule has 0 fully saturated rings. The van der Waals surface area contributed by atoms with Crippen molar-refractivity contribution in [1.82, 2.24) is 29.9 Å². The van der Waals surface area contributed by atoms with Crippen molar-refractivity contribution in [3.8, 4) is 0 Å². The highest BCUT2D eigenvalue weighted by Gasteiger charge is 2.20. The summed E-state index contributed by atoms with van der Waals surface area (Å²) in [6, 6.07) is 0.194. The molecule has 1 aliphatic heterocycles. The van der Waals surface area contributed by atoms with E-state index in [0.717, 1.165) is 30.9 Å². The van der Waals surface area contributed by atoms with Crippen molar-refractivity contribution in [3.63, 3.8) is 0 Å². The monoisotopic (exact) mass is 274 g/mol. The molecule has 1 N–H and O–H groups in total. The second kappa shape index (κ2) is 5.44. The summed E-state index contributed by atoms with van der Waals surface area (Å²) in [5.74, 6) is 1.18. The van der Waals surface area contributed by atoms with Crippen molar-refractivity contribution < 1.29 is 4.79 Å². The fourth-order valence-electron chi connectivity index (χ4n) is 2.57. The van der Waals surface area contributed by atoms with Crippen molar-refractivity contribution in [2.45, 2.75) is 45.3 Å². The molecule has 0 saturated carbocycles. The molecule has 2 aromatic rings. The zero-order valence-corrected chi connectivity index (χ0v) is 11.5. The van der Waals surface area contributed by atoms with Crippen molar-refractivity contribution in [3.05, 3.63) is 30.1 Å². The van der Waals surface area contributed by atoms with Gasteiger partial charge in [0, 0.05) is 37.8 Å². The lowest BCUT2D eigenvalue weighted by Gasteiger charge is -2.24. The number of hydrogen-bond donors (Lipinski definition) is 1. The summed E-state index contributed by atoms with van der Waals surface area (Å²) in [4.78, 5) is 16.4. The minimum absolute atomic E-state index is 0.0609. The molecule has 0 aliphatic carbocycles. The Hall–Kier alpha value is -2.18. The van der Waals surface area contributed by atoms with E-state index in [0.29, 0.717) is 13.0 Å². The maximum Gasteiger partial charge on any atom is 0.222 e. The first-order chi connectivity index (χ1) is 9.70. The Morgan fingerprint density at radius 2 is 2.45 bits per heavy atom. The third-order valence-corrected chi connectivity index (χ3v) is 3.52. The van der Waals surface area contributed by atoms with Gasteiger partial charge in [0.15, 0.2) is 0 Å². The molecule has 0 aromatic carbocycles. The molecular formula is C13H18N6O. The average molecular weight is 274 g/mol. The van der Waals surface area contributed by atoms with Crippen molar-refractivity contribution in [2.24, 2.45) is 0 Å². The average Bonchev–Trinajstić information content (AvgIpc) is 3.04. The summed E-state index contributed by atoms with van der Waals surface area (Å²) >= 11 is 0. The molecule has 1 amide bonds. The molecule has 0 bridgehead atoms. The number of nitrogens with one attached hydrogen (secondary N) is 1. The van der Waals surface area contributed by atoms with E-state index in [2.05, 4.69) is 25.2 Å². The van der Waals surface area contributed by atoms with E-state index in [9.17, 15) is 4.79 Å². The molecule has 7 heteroatoms. The van der Waals surface area contributed by atoms with Gasteiger partial charge in [0.1, 0.15) is 5.82 Å². The van der Waals surface area contributed by atoms with E-state index < -0.39 is 0 Å². The highest BCUT2D eigenvalue weighted by Crippen LogP contribution is 2.15. The van der Waals surface area contributed by atoms with Crippen LogP contribution in [0.5, 0.6) is 0 Å². The van der Waals surface area contributed by atoms with Crippen LogP contribution in [0.2, 0.25) is 0 Å². The zero-order chi connectivity index (χ0) is 13.9. The van der Waals surface area contributed by atoms with Gasteiger partial charge in [-0.05, 0) is 13.3 Å². The molecule has 3 rings (SSSR count). The smallest absolute Gasteiger partial charge is 0.222 e. The molecule has 3 heterocycles. The van der Waals surface area contributed by atoms with Crippen LogP contribution < -0.4 is 5.32 Å². The summed E-state index contributed by atoms with van der Waals surface area (Å²) < 4.78 is 3.80. The number of rotatable bonds is 4. The van der Waals surface area contributed by atoms with E-state index in [-0.39, 0.29) is 11.9 Å². The summed E-state index contributed by atoms with van der Waals surface area (Å²) in [5, 5.41) is 10.6. The van der Waals surface area contributed by atoms with Gasteiger partial charge in [-0.25, -0.2) is 4.98 Å². The number of aromatic nitrogens is 5. The highest BCUT2D eigenvalue weighted by molar-refractivity contribution is 5.76. The molecule has 20 heavy (non-hydrogen) atoms. The van der Waals surface area contributed by atoms with Gasteiger partial charge in [-0.3, -0.25) is 9.48 Å². The van der Waals surface area contributed by atoms with Crippen molar-refractivity contribution in [1.29, 1.82) is 0 Å². The predicted molar refractivity (Wildman–Crippen MR) is 71.9 cm³/mol. The molecular weight excluding hydrogens is 256 g/mol. The van der Waals surface area contributed by atoms with Crippen LogP contribution >= 0.6 is 0 Å². The first kappa shape index (κ1) is 12.8. The lowest BCUT2D eigenvalue weighted by atomic mass is 10.1. The van der Waals surface area contributed by atoms with Crippen LogP contribution in [-0.4, -0.2) is 36.5 Å². The van der Waals surface area contributed by atoms with Crippen LogP contribution in [-0.2, 0) is 24.3 Å². The van der Waals surface area contributed by atoms with E-state index in [4.69, 9.17) is 0 Å². The second-order valence-corrected chi connectivity index (χ2v) is 5.17. The molecule has 1 aliphatic rings. The second-order valence-electron chi connectivity index (χ2n) is 5.17. The zero-order valence-electron chi connectivity index (χ0n) is 11.5. The molecule has 0 saturated heterocycles. The fraction of sp³-hybridized carbons (Fsp3) is 0.538. The maximum atomic E-state index is 11.9. The predicted octanol–water partition coefficient (Wildman–Crippen LogP) is 0.304. The SMILES string of the molecule is Cc1cn2c(n1)CC[C@@H](NC(=O)CCn1ccnn1)C2. The van der Waals surface area contributed by atoms with E-state index in [1.165, 1.54) is 0 Å². The lowest BCUT2D eigenvalue weighted by molar-refractivity contribution is -0.122. The van der Waals surface area contributed by atoms with E-state index >= 15 is 0 Å². The Balaban J connectivity index is 1.50. The first-order valence-corrected chi connectivity index (χ1v) is 6.87. The number of aryl methyl sites for hydroxylation is 3. The minimum atomic E-state index is 0.0609. The fourth-order valence-corrected chi connectivity index (χ4v) is 2.57. The van der Waals surface area contributed by atoms with Crippen LogP contribution in [0.3, 0.4) is 0 Å². The largest absolute Gasteiger partial charge is 0.352 e. The van der Waals surface area contributed by atoms with Crippen LogP contribution in [0.4, 0.5) is 0 Å². The summed E-state index contributed by atoms with van der Waals surface area (Å²) in [6.45, 7) is 3.37. The molecule has 1 atom stereocenters. The Morgan fingerprint density at radius 3 is 3.25 bits per heavy atom. The molecule has 0 unspecified atom stereocenters. The first-order valence-electron chi connectivity index (χ1n) is 6.87. The molecule has 0 radical (unpaired) electrons. The minimum Gasteiger partial charge on any atom is -0.352 e. The van der Waals surface area contributed by atoms with Crippen LogP contribution in [0, 0.1) is 6.92 Å². The number of carbonyl (C=O) groups excluding carboxylic acids is 1. The van der Waals surface area contributed by atoms with Gasteiger partial charge >= 0.3 is 0 Å². The molecule has 2 aromatic heterocycles. The standard InChI is InChI=1S/C13H18N6O/c1-10-8-18-9-11(2-3-12(18)15-10)16-13(20)4-6-19-7-5-14-17-19/h5,7-8,11H,2-4,6,9H2,1H3,(H,16,20)/t11-/m1/s1. The van der Waals surface area contributed by atoms with Gasteiger partial charge in [0.25, 0.3) is 0 Å². The summed E-state index contributed by atoms with van der Waals surface area (Å²) in [7, 11) is 0. The highest BCUT2D eigenvalue weighted by atomic mass is 16.1.